The van der Waals surface area contributed by atoms with Crippen molar-refractivity contribution in [2.75, 3.05) is 5.32 Å². The van der Waals surface area contributed by atoms with Crippen molar-refractivity contribution in [3.8, 4) is 0 Å². The maximum absolute atomic E-state index is 12.1. The number of rotatable bonds is 4. The van der Waals surface area contributed by atoms with Gasteiger partial charge in [-0.25, -0.2) is 9.78 Å². The molecule has 5 nitrogen and oxygen atoms in total. The van der Waals surface area contributed by atoms with Crippen LogP contribution in [-0.4, -0.2) is 22.0 Å². The van der Waals surface area contributed by atoms with Crippen LogP contribution in [0.4, 0.5) is 5.69 Å². The van der Waals surface area contributed by atoms with E-state index in [0.717, 1.165) is 11.3 Å². The van der Waals surface area contributed by atoms with E-state index in [2.05, 4.69) is 10.3 Å². The molecule has 0 bridgehead atoms. The van der Waals surface area contributed by atoms with Crippen molar-refractivity contribution in [2.24, 2.45) is 0 Å². The Morgan fingerprint density at radius 3 is 2.85 bits per heavy atom. The predicted octanol–water partition coefficient (Wildman–Crippen LogP) is 3.31. The summed E-state index contributed by atoms with van der Waals surface area (Å²) >= 11 is 6.91. The fraction of sp³-hybridized carbons (Fsp3) is 0.154. The molecule has 2 rings (SSSR count). The first-order valence-corrected chi connectivity index (χ1v) is 7.05. The molecule has 2 N–H and O–H groups in total. The third-order valence-electron chi connectivity index (χ3n) is 2.58. The van der Waals surface area contributed by atoms with E-state index in [1.54, 1.807) is 17.5 Å². The fourth-order valence-corrected chi connectivity index (χ4v) is 2.54. The number of aromatic carboxylic acids is 1. The molecule has 20 heavy (non-hydrogen) atoms. The van der Waals surface area contributed by atoms with Gasteiger partial charge in [-0.15, -0.1) is 11.3 Å². The first kappa shape index (κ1) is 14.5. The van der Waals surface area contributed by atoms with E-state index in [0.29, 0.717) is 17.7 Å². The summed E-state index contributed by atoms with van der Waals surface area (Å²) < 4.78 is 0. The van der Waals surface area contributed by atoms with Gasteiger partial charge < -0.3 is 10.4 Å². The van der Waals surface area contributed by atoms with Crippen molar-refractivity contribution < 1.29 is 14.7 Å². The second kappa shape index (κ2) is 6.02. The topological polar surface area (TPSA) is 79.3 Å². The zero-order chi connectivity index (χ0) is 14.7. The predicted molar refractivity (Wildman–Crippen MR) is 77.9 cm³/mol. The van der Waals surface area contributed by atoms with E-state index < -0.39 is 11.9 Å². The van der Waals surface area contributed by atoms with E-state index in [9.17, 15) is 9.59 Å². The smallest absolute Gasteiger partial charge is 0.348 e. The number of carbonyl (C=O) groups excluding carboxylic acids is 1. The maximum Gasteiger partial charge on any atom is 0.348 e. The highest BCUT2D eigenvalue weighted by Gasteiger charge is 2.15. The number of aryl methyl sites for hydroxylation is 1. The lowest BCUT2D eigenvalue weighted by atomic mass is 10.2. The minimum absolute atomic E-state index is 0.0919. The molecule has 0 aromatic carbocycles. The molecule has 0 spiro atoms. The van der Waals surface area contributed by atoms with Gasteiger partial charge in [0.25, 0.3) is 5.91 Å². The average molecular weight is 311 g/mol. The lowest BCUT2D eigenvalue weighted by Crippen LogP contribution is -2.14. The summed E-state index contributed by atoms with van der Waals surface area (Å²) in [6, 6.07) is 4.63. The number of anilines is 1. The number of halogens is 1. The minimum atomic E-state index is -1.07. The molecule has 0 unspecified atom stereocenters. The fourth-order valence-electron chi connectivity index (χ4n) is 1.63. The van der Waals surface area contributed by atoms with Crippen molar-refractivity contribution in [3.05, 3.63) is 44.9 Å². The Morgan fingerprint density at radius 1 is 1.45 bits per heavy atom. The quantitative estimate of drug-likeness (QED) is 0.849. The van der Waals surface area contributed by atoms with E-state index in [1.807, 2.05) is 6.92 Å². The normalized spacial score (nSPS) is 10.3. The van der Waals surface area contributed by atoms with Gasteiger partial charge in [0.05, 0.1) is 5.69 Å². The van der Waals surface area contributed by atoms with E-state index >= 15 is 0 Å². The van der Waals surface area contributed by atoms with E-state index in [1.165, 1.54) is 6.07 Å². The highest BCUT2D eigenvalue weighted by Crippen LogP contribution is 2.23. The summed E-state index contributed by atoms with van der Waals surface area (Å²) in [5.41, 5.74) is 1.33. The highest BCUT2D eigenvalue weighted by atomic mass is 35.5. The molecule has 2 heterocycles. The number of carboxylic acid groups (broad SMARTS) is 1. The Morgan fingerprint density at radius 2 is 2.20 bits per heavy atom. The van der Waals surface area contributed by atoms with Crippen LogP contribution in [0.1, 0.15) is 32.6 Å². The van der Waals surface area contributed by atoms with E-state index in [-0.39, 0.29) is 15.7 Å². The molecule has 0 fully saturated rings. The third kappa shape index (κ3) is 3.15. The van der Waals surface area contributed by atoms with Crippen LogP contribution in [0.2, 0.25) is 5.15 Å². The standard InChI is InChI=1S/C13H11ClN2O3S/c1-2-8-5-7(6-10(14)15-8)12(17)16-9-3-4-20-11(9)13(18)19/h3-6H,2H2,1H3,(H,16,17)(H,18,19). The first-order chi connectivity index (χ1) is 9.51. The number of pyridine rings is 1. The summed E-state index contributed by atoms with van der Waals surface area (Å²) in [7, 11) is 0. The monoisotopic (exact) mass is 310 g/mol. The Labute approximate surface area is 124 Å². The number of nitrogens with zero attached hydrogens (tertiary/aromatic N) is 1. The van der Waals surface area contributed by atoms with Crippen LogP contribution in [-0.2, 0) is 6.42 Å². The molecule has 2 aromatic rings. The number of hydrogen-bond acceptors (Lipinski definition) is 4. The second-order valence-electron chi connectivity index (χ2n) is 3.95. The molecule has 0 aliphatic carbocycles. The van der Waals surface area contributed by atoms with Gasteiger partial charge in [0.1, 0.15) is 10.0 Å². The summed E-state index contributed by atoms with van der Waals surface area (Å²) in [6.07, 6.45) is 0.652. The largest absolute Gasteiger partial charge is 0.477 e. The summed E-state index contributed by atoms with van der Waals surface area (Å²) in [6.45, 7) is 1.90. The lowest BCUT2D eigenvalue weighted by Gasteiger charge is -2.06. The molecular formula is C13H11ClN2O3S. The molecule has 0 saturated heterocycles. The van der Waals surface area contributed by atoms with Crippen LogP contribution in [0.15, 0.2) is 23.6 Å². The minimum Gasteiger partial charge on any atom is -0.477 e. The maximum atomic E-state index is 12.1. The van der Waals surface area contributed by atoms with Crippen LogP contribution in [0.5, 0.6) is 0 Å². The zero-order valence-corrected chi connectivity index (χ0v) is 12.1. The molecule has 104 valence electrons. The summed E-state index contributed by atoms with van der Waals surface area (Å²) in [5.74, 6) is -1.48. The van der Waals surface area contributed by atoms with Crippen LogP contribution >= 0.6 is 22.9 Å². The molecule has 7 heteroatoms. The van der Waals surface area contributed by atoms with Crippen LogP contribution < -0.4 is 5.32 Å². The third-order valence-corrected chi connectivity index (χ3v) is 3.68. The molecule has 0 saturated carbocycles. The number of hydrogen-bond donors (Lipinski definition) is 2. The van der Waals surface area contributed by atoms with Crippen LogP contribution in [0, 0.1) is 0 Å². The lowest BCUT2D eigenvalue weighted by molar-refractivity contribution is 0.0703. The first-order valence-electron chi connectivity index (χ1n) is 5.80. The average Bonchev–Trinajstić information content (AvgIpc) is 2.86. The molecule has 1 amide bonds. The number of carboxylic acids is 1. The molecule has 0 aliphatic heterocycles. The van der Waals surface area contributed by atoms with Crippen LogP contribution in [0.25, 0.3) is 0 Å². The van der Waals surface area contributed by atoms with Crippen molar-refractivity contribution in [2.45, 2.75) is 13.3 Å². The van der Waals surface area contributed by atoms with Crippen molar-refractivity contribution in [3.63, 3.8) is 0 Å². The van der Waals surface area contributed by atoms with Crippen LogP contribution in [0.3, 0.4) is 0 Å². The summed E-state index contributed by atoms with van der Waals surface area (Å²) in [5, 5.41) is 13.4. The number of nitrogens with one attached hydrogen (secondary N) is 1. The number of aromatic nitrogens is 1. The number of thiophene rings is 1. The highest BCUT2D eigenvalue weighted by molar-refractivity contribution is 7.12. The van der Waals surface area contributed by atoms with Gasteiger partial charge >= 0.3 is 5.97 Å². The van der Waals surface area contributed by atoms with Gasteiger partial charge in [-0.3, -0.25) is 4.79 Å². The Balaban J connectivity index is 2.26. The van der Waals surface area contributed by atoms with Gasteiger partial charge in [-0.1, -0.05) is 18.5 Å². The SMILES string of the molecule is CCc1cc(C(=O)Nc2ccsc2C(=O)O)cc(Cl)n1. The van der Waals surface area contributed by atoms with Crippen molar-refractivity contribution in [1.82, 2.24) is 4.98 Å². The molecule has 2 aromatic heterocycles. The van der Waals surface area contributed by atoms with Gasteiger partial charge in [0, 0.05) is 11.3 Å². The van der Waals surface area contributed by atoms with Gasteiger partial charge in [0.2, 0.25) is 0 Å². The number of carbonyl (C=O) groups is 2. The zero-order valence-electron chi connectivity index (χ0n) is 10.5. The second-order valence-corrected chi connectivity index (χ2v) is 5.25. The number of amides is 1. The molecule has 0 radical (unpaired) electrons. The molecule has 0 aliphatic rings. The Bertz CT molecular complexity index is 669. The van der Waals surface area contributed by atoms with Crippen molar-refractivity contribution in [1.29, 1.82) is 0 Å². The van der Waals surface area contributed by atoms with Crippen molar-refractivity contribution >= 4 is 40.5 Å². The van der Waals surface area contributed by atoms with Gasteiger partial charge in [0.15, 0.2) is 0 Å². The van der Waals surface area contributed by atoms with E-state index in [4.69, 9.17) is 16.7 Å². The Kier molecular flexibility index (Phi) is 4.36. The van der Waals surface area contributed by atoms with Gasteiger partial charge in [-0.05, 0) is 30.0 Å². The molecule has 0 atom stereocenters. The Hall–Kier alpha value is -1.92. The van der Waals surface area contributed by atoms with Gasteiger partial charge in [-0.2, -0.15) is 0 Å². The summed E-state index contributed by atoms with van der Waals surface area (Å²) in [4.78, 5) is 27.3. The molecular weight excluding hydrogens is 300 g/mol.